The number of rotatable bonds is 10. The van der Waals surface area contributed by atoms with E-state index in [0.29, 0.717) is 30.4 Å². The van der Waals surface area contributed by atoms with Crippen molar-refractivity contribution in [1.82, 2.24) is 0 Å². The van der Waals surface area contributed by atoms with E-state index in [9.17, 15) is 9.18 Å². The summed E-state index contributed by atoms with van der Waals surface area (Å²) in [5.41, 5.74) is 1.34. The second kappa shape index (κ2) is 10.7. The Morgan fingerprint density at radius 2 is 1.73 bits per heavy atom. The predicted molar refractivity (Wildman–Crippen MR) is 105 cm³/mol. The molecule has 0 radical (unpaired) electrons. The Balaban J connectivity index is 1.64. The summed E-state index contributed by atoms with van der Waals surface area (Å²) in [6, 6.07) is 11.9. The van der Waals surface area contributed by atoms with Crippen LogP contribution in [-0.4, -0.2) is 30.6 Å². The zero-order valence-electron chi connectivity index (χ0n) is 15.1. The van der Waals surface area contributed by atoms with E-state index < -0.39 is 0 Å². The number of benzene rings is 2. The number of halogens is 1. The van der Waals surface area contributed by atoms with E-state index in [1.807, 2.05) is 31.2 Å². The van der Waals surface area contributed by atoms with Crippen LogP contribution in [0.2, 0.25) is 0 Å². The number of carbonyl (C=O) groups excluding carboxylic acids is 1. The molecule has 4 nitrogen and oxygen atoms in total. The number of thioether (sulfide) groups is 1. The summed E-state index contributed by atoms with van der Waals surface area (Å²) < 4.78 is 24.4. The predicted octanol–water partition coefficient (Wildman–Crippen LogP) is 4.67. The molecule has 2 aromatic rings. The molecule has 0 atom stereocenters. The van der Waals surface area contributed by atoms with Gasteiger partial charge in [-0.2, -0.15) is 0 Å². The maximum absolute atomic E-state index is 13.2. The number of hydrogen-bond donors (Lipinski definition) is 1. The first-order chi connectivity index (χ1) is 12.6. The highest BCUT2D eigenvalue weighted by atomic mass is 32.2. The summed E-state index contributed by atoms with van der Waals surface area (Å²) in [5, 5.41) is 2.73. The lowest BCUT2D eigenvalue weighted by Crippen LogP contribution is -2.16. The third-order valence-corrected chi connectivity index (χ3v) is 4.42. The molecular weight excluding hydrogens is 353 g/mol. The van der Waals surface area contributed by atoms with Crippen molar-refractivity contribution in [3.8, 4) is 11.5 Å². The van der Waals surface area contributed by atoms with Gasteiger partial charge in [-0.15, -0.1) is 11.8 Å². The number of nitrogens with one attached hydrogen (secondary N) is 1. The summed E-state index contributed by atoms with van der Waals surface area (Å²) in [6.07, 6.45) is 0.974. The van der Waals surface area contributed by atoms with Gasteiger partial charge in [0.1, 0.15) is 17.3 Å². The van der Waals surface area contributed by atoms with E-state index in [-0.39, 0.29) is 11.7 Å². The summed E-state index contributed by atoms with van der Waals surface area (Å²) in [6.45, 7) is 5.10. The van der Waals surface area contributed by atoms with Gasteiger partial charge in [-0.05, 0) is 55.3 Å². The van der Waals surface area contributed by atoms with Crippen LogP contribution in [0.3, 0.4) is 0 Å². The van der Waals surface area contributed by atoms with E-state index in [1.54, 1.807) is 6.07 Å². The van der Waals surface area contributed by atoms with Gasteiger partial charge in [0, 0.05) is 11.4 Å². The smallest absolute Gasteiger partial charge is 0.234 e. The van der Waals surface area contributed by atoms with Crippen LogP contribution >= 0.6 is 11.8 Å². The topological polar surface area (TPSA) is 47.6 Å². The molecule has 6 heteroatoms. The standard InChI is InChI=1S/C20H24FNO3S/c1-3-10-24-17-6-8-18(9-7-17)25-11-12-26-14-20(23)22-19-13-16(21)5-4-15(19)2/h4-9,13H,3,10-12,14H2,1-2H3,(H,22,23). The molecule has 1 amide bonds. The Hall–Kier alpha value is -2.21. The first-order valence-corrected chi connectivity index (χ1v) is 9.73. The fraction of sp³-hybridized carbons (Fsp3) is 0.350. The third-order valence-electron chi connectivity index (χ3n) is 3.50. The minimum atomic E-state index is -0.363. The molecule has 0 spiro atoms. The van der Waals surface area contributed by atoms with Crippen molar-refractivity contribution in [2.45, 2.75) is 20.3 Å². The molecule has 2 aromatic carbocycles. The van der Waals surface area contributed by atoms with Crippen molar-refractivity contribution in [3.63, 3.8) is 0 Å². The maximum Gasteiger partial charge on any atom is 0.234 e. The SMILES string of the molecule is CCCOc1ccc(OCCSCC(=O)Nc2cc(F)ccc2C)cc1. The Labute approximate surface area is 158 Å². The Morgan fingerprint density at radius 1 is 1.08 bits per heavy atom. The van der Waals surface area contributed by atoms with Gasteiger partial charge in [0.05, 0.1) is 19.0 Å². The largest absolute Gasteiger partial charge is 0.494 e. The minimum Gasteiger partial charge on any atom is -0.494 e. The highest BCUT2D eigenvalue weighted by Crippen LogP contribution is 2.18. The van der Waals surface area contributed by atoms with Crippen molar-refractivity contribution in [2.75, 3.05) is 30.0 Å². The normalized spacial score (nSPS) is 10.4. The van der Waals surface area contributed by atoms with E-state index in [0.717, 1.165) is 23.5 Å². The van der Waals surface area contributed by atoms with E-state index >= 15 is 0 Å². The second-order valence-electron chi connectivity index (χ2n) is 5.73. The zero-order chi connectivity index (χ0) is 18.8. The van der Waals surface area contributed by atoms with Crippen LogP contribution in [0.4, 0.5) is 10.1 Å². The number of carbonyl (C=O) groups is 1. The van der Waals surface area contributed by atoms with Crippen LogP contribution in [0.1, 0.15) is 18.9 Å². The van der Waals surface area contributed by atoms with E-state index in [2.05, 4.69) is 12.2 Å². The monoisotopic (exact) mass is 377 g/mol. The number of anilines is 1. The van der Waals surface area contributed by atoms with Crippen LogP contribution in [0.5, 0.6) is 11.5 Å². The third kappa shape index (κ3) is 6.96. The van der Waals surface area contributed by atoms with Crippen LogP contribution in [0, 0.1) is 12.7 Å². The van der Waals surface area contributed by atoms with Gasteiger partial charge < -0.3 is 14.8 Å². The molecule has 0 heterocycles. The molecule has 0 aromatic heterocycles. The molecule has 0 bridgehead atoms. The maximum atomic E-state index is 13.2. The lowest BCUT2D eigenvalue weighted by molar-refractivity contribution is -0.113. The molecule has 0 saturated heterocycles. The molecule has 1 N–H and O–H groups in total. The van der Waals surface area contributed by atoms with Crippen LogP contribution in [-0.2, 0) is 4.79 Å². The van der Waals surface area contributed by atoms with Gasteiger partial charge >= 0.3 is 0 Å². The number of hydrogen-bond acceptors (Lipinski definition) is 4. The molecule has 0 aliphatic carbocycles. The fourth-order valence-corrected chi connectivity index (χ4v) is 2.75. The van der Waals surface area contributed by atoms with Crippen molar-refractivity contribution < 1.29 is 18.7 Å². The van der Waals surface area contributed by atoms with Gasteiger partial charge in [0.2, 0.25) is 5.91 Å². The zero-order valence-corrected chi connectivity index (χ0v) is 15.9. The average molecular weight is 377 g/mol. The van der Waals surface area contributed by atoms with Crippen molar-refractivity contribution >= 4 is 23.4 Å². The average Bonchev–Trinajstić information content (AvgIpc) is 2.63. The van der Waals surface area contributed by atoms with Crippen molar-refractivity contribution in [2.24, 2.45) is 0 Å². The van der Waals surface area contributed by atoms with Crippen molar-refractivity contribution in [3.05, 3.63) is 53.8 Å². The van der Waals surface area contributed by atoms with Crippen LogP contribution in [0.15, 0.2) is 42.5 Å². The molecule has 0 saturated carbocycles. The van der Waals surface area contributed by atoms with Gasteiger partial charge in [0.15, 0.2) is 0 Å². The molecule has 0 unspecified atom stereocenters. The molecule has 0 fully saturated rings. The molecule has 2 rings (SSSR count). The lowest BCUT2D eigenvalue weighted by Gasteiger charge is -2.09. The summed E-state index contributed by atoms with van der Waals surface area (Å²) in [5.74, 6) is 2.07. The lowest BCUT2D eigenvalue weighted by atomic mass is 10.2. The molecule has 26 heavy (non-hydrogen) atoms. The van der Waals surface area contributed by atoms with Gasteiger partial charge in [-0.1, -0.05) is 13.0 Å². The second-order valence-corrected chi connectivity index (χ2v) is 6.83. The fourth-order valence-electron chi connectivity index (χ4n) is 2.15. The number of aryl methyl sites for hydroxylation is 1. The Bertz CT molecular complexity index is 707. The van der Waals surface area contributed by atoms with E-state index in [4.69, 9.17) is 9.47 Å². The first-order valence-electron chi connectivity index (χ1n) is 8.58. The summed E-state index contributed by atoms with van der Waals surface area (Å²) in [7, 11) is 0. The number of ether oxygens (including phenoxy) is 2. The number of amides is 1. The van der Waals surface area contributed by atoms with Gasteiger partial charge in [0.25, 0.3) is 0 Å². The highest BCUT2D eigenvalue weighted by molar-refractivity contribution is 7.99. The van der Waals surface area contributed by atoms with Crippen LogP contribution < -0.4 is 14.8 Å². The van der Waals surface area contributed by atoms with Crippen molar-refractivity contribution in [1.29, 1.82) is 0 Å². The van der Waals surface area contributed by atoms with Gasteiger partial charge in [-0.25, -0.2) is 4.39 Å². The van der Waals surface area contributed by atoms with E-state index in [1.165, 1.54) is 23.9 Å². The molecule has 0 aliphatic heterocycles. The highest BCUT2D eigenvalue weighted by Gasteiger charge is 2.06. The first kappa shape index (κ1) is 20.1. The van der Waals surface area contributed by atoms with Crippen LogP contribution in [0.25, 0.3) is 0 Å². The summed E-state index contributed by atoms with van der Waals surface area (Å²) in [4.78, 5) is 11.9. The van der Waals surface area contributed by atoms with Gasteiger partial charge in [-0.3, -0.25) is 4.79 Å². The molecule has 0 aliphatic rings. The Kier molecular flexibility index (Phi) is 8.28. The molecular formula is C20H24FNO3S. The molecule has 140 valence electrons. The Morgan fingerprint density at radius 3 is 2.38 bits per heavy atom. The minimum absolute atomic E-state index is 0.152. The quantitative estimate of drug-likeness (QED) is 0.611. The summed E-state index contributed by atoms with van der Waals surface area (Å²) >= 11 is 1.47.